The fourth-order valence-electron chi connectivity index (χ4n) is 2.99. The highest BCUT2D eigenvalue weighted by Gasteiger charge is 2.25. The molecule has 1 saturated heterocycles. The minimum atomic E-state index is -0.827. The van der Waals surface area contributed by atoms with Gasteiger partial charge in [-0.1, -0.05) is 17.7 Å². The molecule has 3 rings (SSSR count). The van der Waals surface area contributed by atoms with Crippen molar-refractivity contribution in [2.24, 2.45) is 0 Å². The summed E-state index contributed by atoms with van der Waals surface area (Å²) in [4.78, 5) is 38.1. The molecule has 8 heteroatoms. The van der Waals surface area contributed by atoms with Gasteiger partial charge in [0.2, 0.25) is 5.91 Å². The maximum absolute atomic E-state index is 12.2. The zero-order chi connectivity index (χ0) is 20.3. The summed E-state index contributed by atoms with van der Waals surface area (Å²) >= 11 is 6.03. The number of hydrogen-bond acceptors (Lipinski definition) is 4. The number of benzene rings is 2. The Kier molecular flexibility index (Phi) is 5.84. The van der Waals surface area contributed by atoms with Gasteiger partial charge in [0.25, 0.3) is 0 Å². The zero-order valence-electron chi connectivity index (χ0n) is 15.5. The maximum atomic E-state index is 12.2. The highest BCUT2D eigenvalue weighted by atomic mass is 35.5. The van der Waals surface area contributed by atoms with E-state index in [4.69, 9.17) is 16.3 Å². The van der Waals surface area contributed by atoms with Crippen LogP contribution < -0.4 is 20.3 Å². The number of nitrogens with one attached hydrogen (secondary N) is 2. The number of rotatable bonds is 4. The molecule has 7 nitrogen and oxygen atoms in total. The summed E-state index contributed by atoms with van der Waals surface area (Å²) in [5.41, 5.74) is 2.16. The Hall–Kier alpha value is -3.06. The maximum Gasteiger partial charge on any atom is 0.314 e. The number of halogens is 1. The Morgan fingerprint density at radius 1 is 1.14 bits per heavy atom. The summed E-state index contributed by atoms with van der Waals surface area (Å²) in [5, 5.41) is 5.57. The minimum Gasteiger partial charge on any atom is -0.494 e. The van der Waals surface area contributed by atoms with E-state index in [2.05, 4.69) is 10.6 Å². The summed E-state index contributed by atoms with van der Waals surface area (Å²) in [6.07, 6.45) is 1.30. The molecule has 0 unspecified atom stereocenters. The molecule has 0 aliphatic carbocycles. The van der Waals surface area contributed by atoms with Gasteiger partial charge < -0.3 is 20.3 Å². The summed E-state index contributed by atoms with van der Waals surface area (Å²) in [6, 6.07) is 9.95. The van der Waals surface area contributed by atoms with E-state index in [9.17, 15) is 14.4 Å². The van der Waals surface area contributed by atoms with Gasteiger partial charge in [0.05, 0.1) is 12.8 Å². The van der Waals surface area contributed by atoms with E-state index in [1.807, 2.05) is 0 Å². The third kappa shape index (κ3) is 4.09. The van der Waals surface area contributed by atoms with Crippen molar-refractivity contribution in [2.75, 3.05) is 29.2 Å². The monoisotopic (exact) mass is 401 g/mol. The fourth-order valence-corrected chi connectivity index (χ4v) is 3.17. The van der Waals surface area contributed by atoms with Crippen LogP contribution in [0.4, 0.5) is 17.1 Å². The van der Waals surface area contributed by atoms with E-state index in [-0.39, 0.29) is 5.91 Å². The van der Waals surface area contributed by atoms with Crippen LogP contribution in [0.1, 0.15) is 18.4 Å². The number of nitrogens with zero attached hydrogens (tertiary/aromatic N) is 1. The van der Waals surface area contributed by atoms with Crippen molar-refractivity contribution >= 4 is 46.4 Å². The Bertz CT molecular complexity index is 945. The van der Waals surface area contributed by atoms with Gasteiger partial charge in [-0.25, -0.2) is 0 Å². The van der Waals surface area contributed by atoms with Gasteiger partial charge in [0, 0.05) is 35.4 Å². The Morgan fingerprint density at radius 3 is 2.57 bits per heavy atom. The van der Waals surface area contributed by atoms with E-state index in [0.29, 0.717) is 46.4 Å². The van der Waals surface area contributed by atoms with Crippen molar-refractivity contribution in [3.05, 3.63) is 47.0 Å². The first-order valence-corrected chi connectivity index (χ1v) is 9.14. The summed E-state index contributed by atoms with van der Waals surface area (Å²) in [6.45, 7) is 2.38. The number of amides is 3. The van der Waals surface area contributed by atoms with Crippen molar-refractivity contribution in [3.63, 3.8) is 0 Å². The number of carbonyl (C=O) groups is 3. The topological polar surface area (TPSA) is 87.7 Å². The average Bonchev–Trinajstić information content (AvgIpc) is 3.11. The van der Waals surface area contributed by atoms with Crippen LogP contribution in [0, 0.1) is 6.92 Å². The van der Waals surface area contributed by atoms with E-state index in [1.165, 1.54) is 7.11 Å². The van der Waals surface area contributed by atoms with Crippen molar-refractivity contribution in [2.45, 2.75) is 19.8 Å². The van der Waals surface area contributed by atoms with Crippen LogP contribution >= 0.6 is 11.6 Å². The number of hydrogen-bond donors (Lipinski definition) is 2. The normalized spacial score (nSPS) is 13.4. The summed E-state index contributed by atoms with van der Waals surface area (Å²) in [7, 11) is 1.49. The first kappa shape index (κ1) is 19.7. The van der Waals surface area contributed by atoms with Gasteiger partial charge in [0.1, 0.15) is 5.75 Å². The molecule has 0 bridgehead atoms. The van der Waals surface area contributed by atoms with Crippen LogP contribution in [0.5, 0.6) is 5.75 Å². The van der Waals surface area contributed by atoms with E-state index in [1.54, 1.807) is 48.2 Å². The minimum absolute atomic E-state index is 0.0337. The molecule has 1 fully saturated rings. The summed E-state index contributed by atoms with van der Waals surface area (Å²) in [5.74, 6) is -1.17. The largest absolute Gasteiger partial charge is 0.494 e. The lowest BCUT2D eigenvalue weighted by molar-refractivity contribution is -0.133. The standard InChI is InChI=1S/C20H20ClN3O4/c1-12-14(21)5-3-6-15(12)23-20(27)19(26)22-13-8-9-16(17(11-13)28-2)24-10-4-7-18(24)25/h3,5-6,8-9,11H,4,7,10H2,1-2H3,(H,22,26)(H,23,27). The third-order valence-electron chi connectivity index (χ3n) is 4.52. The molecule has 1 aliphatic heterocycles. The molecule has 0 aromatic heterocycles. The lowest BCUT2D eigenvalue weighted by Crippen LogP contribution is -2.29. The fraction of sp³-hybridized carbons (Fsp3) is 0.250. The number of ether oxygens (including phenoxy) is 1. The quantitative estimate of drug-likeness (QED) is 0.769. The Morgan fingerprint density at radius 2 is 1.89 bits per heavy atom. The number of carbonyl (C=O) groups excluding carboxylic acids is 3. The van der Waals surface area contributed by atoms with Gasteiger partial charge in [-0.2, -0.15) is 0 Å². The van der Waals surface area contributed by atoms with Crippen molar-refractivity contribution < 1.29 is 19.1 Å². The van der Waals surface area contributed by atoms with Gasteiger partial charge in [0.15, 0.2) is 0 Å². The van der Waals surface area contributed by atoms with Crippen molar-refractivity contribution in [3.8, 4) is 5.75 Å². The third-order valence-corrected chi connectivity index (χ3v) is 4.93. The van der Waals surface area contributed by atoms with Crippen LogP contribution in [-0.4, -0.2) is 31.4 Å². The lowest BCUT2D eigenvalue weighted by Gasteiger charge is -2.19. The van der Waals surface area contributed by atoms with Crippen LogP contribution in [-0.2, 0) is 14.4 Å². The van der Waals surface area contributed by atoms with E-state index < -0.39 is 11.8 Å². The molecule has 28 heavy (non-hydrogen) atoms. The first-order chi connectivity index (χ1) is 13.4. The highest BCUT2D eigenvalue weighted by molar-refractivity contribution is 6.44. The van der Waals surface area contributed by atoms with Crippen LogP contribution in [0.25, 0.3) is 0 Å². The smallest absolute Gasteiger partial charge is 0.314 e. The van der Waals surface area contributed by atoms with Crippen molar-refractivity contribution in [1.29, 1.82) is 0 Å². The van der Waals surface area contributed by atoms with Crippen LogP contribution in [0.3, 0.4) is 0 Å². The molecule has 2 aromatic rings. The van der Waals surface area contributed by atoms with Gasteiger partial charge in [-0.15, -0.1) is 0 Å². The summed E-state index contributed by atoms with van der Waals surface area (Å²) < 4.78 is 5.35. The first-order valence-electron chi connectivity index (χ1n) is 8.76. The molecule has 3 amide bonds. The number of anilines is 3. The van der Waals surface area contributed by atoms with E-state index >= 15 is 0 Å². The van der Waals surface area contributed by atoms with Gasteiger partial charge in [-0.3, -0.25) is 14.4 Å². The molecule has 0 atom stereocenters. The predicted molar refractivity (Wildman–Crippen MR) is 108 cm³/mol. The molecule has 1 aliphatic rings. The van der Waals surface area contributed by atoms with Crippen LogP contribution in [0.2, 0.25) is 5.02 Å². The molecule has 2 aromatic carbocycles. The SMILES string of the molecule is COc1cc(NC(=O)C(=O)Nc2cccc(Cl)c2C)ccc1N1CCCC1=O. The Balaban J connectivity index is 1.72. The second-order valence-electron chi connectivity index (χ2n) is 6.36. The Labute approximate surface area is 167 Å². The predicted octanol–water partition coefficient (Wildman–Crippen LogP) is 3.36. The second kappa shape index (κ2) is 8.31. The second-order valence-corrected chi connectivity index (χ2v) is 6.76. The molecular formula is C20H20ClN3O4. The molecule has 2 N–H and O–H groups in total. The highest BCUT2D eigenvalue weighted by Crippen LogP contribution is 2.33. The molecule has 0 spiro atoms. The molecule has 0 radical (unpaired) electrons. The number of methoxy groups -OCH3 is 1. The van der Waals surface area contributed by atoms with E-state index in [0.717, 1.165) is 6.42 Å². The molecule has 146 valence electrons. The van der Waals surface area contributed by atoms with Gasteiger partial charge in [-0.05, 0) is 43.2 Å². The lowest BCUT2D eigenvalue weighted by atomic mass is 10.2. The zero-order valence-corrected chi connectivity index (χ0v) is 16.3. The van der Waals surface area contributed by atoms with Gasteiger partial charge >= 0.3 is 11.8 Å². The molecular weight excluding hydrogens is 382 g/mol. The van der Waals surface area contributed by atoms with Crippen LogP contribution in [0.15, 0.2) is 36.4 Å². The average molecular weight is 402 g/mol. The van der Waals surface area contributed by atoms with Crippen molar-refractivity contribution in [1.82, 2.24) is 0 Å². The molecule has 0 saturated carbocycles. The molecule has 1 heterocycles.